The average molecular weight is 233 g/mol. The Hall–Kier alpha value is -2.04. The van der Waals surface area contributed by atoms with Gasteiger partial charge in [-0.25, -0.2) is 4.79 Å². The molecule has 1 atom stereocenters. The van der Waals surface area contributed by atoms with Crippen LogP contribution in [0.3, 0.4) is 0 Å². The fraction of sp³-hybridized carbons (Fsp3) is 0.333. The Morgan fingerprint density at radius 1 is 1.41 bits per heavy atom. The Balaban J connectivity index is 1.93. The molecule has 5 heteroatoms. The molecule has 1 saturated carbocycles. The van der Waals surface area contributed by atoms with E-state index in [1.54, 1.807) is 6.07 Å². The number of rotatable bonds is 2. The summed E-state index contributed by atoms with van der Waals surface area (Å²) >= 11 is 0. The van der Waals surface area contributed by atoms with Crippen LogP contribution in [0.5, 0.6) is 5.75 Å². The summed E-state index contributed by atoms with van der Waals surface area (Å²) in [5.41, 5.74) is 0.573. The van der Waals surface area contributed by atoms with E-state index in [9.17, 15) is 9.59 Å². The average Bonchev–Trinajstić information content (AvgIpc) is 3.11. The van der Waals surface area contributed by atoms with E-state index in [2.05, 4.69) is 5.32 Å². The molecule has 1 heterocycles. The van der Waals surface area contributed by atoms with E-state index in [4.69, 9.17) is 9.84 Å². The number of carboxylic acid groups (broad SMARTS) is 1. The molecule has 1 aliphatic heterocycles. The van der Waals surface area contributed by atoms with Gasteiger partial charge < -0.3 is 15.2 Å². The molecule has 3 rings (SSSR count). The van der Waals surface area contributed by atoms with E-state index in [0.717, 1.165) is 12.8 Å². The molecule has 88 valence electrons. The van der Waals surface area contributed by atoms with E-state index in [-0.39, 0.29) is 11.5 Å². The third-order valence-corrected chi connectivity index (χ3v) is 3.05. The number of ether oxygens (including phenoxy) is 1. The molecule has 5 nitrogen and oxygen atoms in total. The summed E-state index contributed by atoms with van der Waals surface area (Å²) < 4.78 is 5.60. The monoisotopic (exact) mass is 233 g/mol. The van der Waals surface area contributed by atoms with Gasteiger partial charge in [-0.1, -0.05) is 0 Å². The maximum absolute atomic E-state index is 11.7. The molecule has 1 aliphatic carbocycles. The van der Waals surface area contributed by atoms with Crippen LogP contribution in [-0.4, -0.2) is 23.1 Å². The zero-order chi connectivity index (χ0) is 12.0. The first-order chi connectivity index (χ1) is 8.15. The molecule has 1 fully saturated rings. The SMILES string of the molecule is O=C(O)c1ccc2c(c1)NC(=O)C(C1CC1)O2. The van der Waals surface area contributed by atoms with Crippen molar-refractivity contribution in [1.29, 1.82) is 0 Å². The second kappa shape index (κ2) is 3.48. The summed E-state index contributed by atoms with van der Waals surface area (Å²) in [5, 5.41) is 11.5. The van der Waals surface area contributed by atoms with Gasteiger partial charge in [0.2, 0.25) is 0 Å². The Kier molecular flexibility index (Phi) is 2.07. The molecule has 0 saturated heterocycles. The third kappa shape index (κ3) is 1.73. The van der Waals surface area contributed by atoms with Gasteiger partial charge >= 0.3 is 5.97 Å². The van der Waals surface area contributed by atoms with Crippen LogP contribution < -0.4 is 10.1 Å². The number of nitrogens with one attached hydrogen (secondary N) is 1. The molecule has 1 unspecified atom stereocenters. The van der Waals surface area contributed by atoms with Crippen molar-refractivity contribution in [2.45, 2.75) is 18.9 Å². The van der Waals surface area contributed by atoms with Crippen LogP contribution in [0.4, 0.5) is 5.69 Å². The van der Waals surface area contributed by atoms with Gasteiger partial charge in [-0.15, -0.1) is 0 Å². The Morgan fingerprint density at radius 2 is 2.18 bits per heavy atom. The fourth-order valence-electron chi connectivity index (χ4n) is 1.97. The van der Waals surface area contributed by atoms with Crippen molar-refractivity contribution < 1.29 is 19.4 Å². The van der Waals surface area contributed by atoms with Crippen LogP contribution in [0.2, 0.25) is 0 Å². The molecule has 17 heavy (non-hydrogen) atoms. The van der Waals surface area contributed by atoms with Gasteiger partial charge in [0.1, 0.15) is 5.75 Å². The Labute approximate surface area is 97.4 Å². The van der Waals surface area contributed by atoms with Crippen molar-refractivity contribution >= 4 is 17.6 Å². The molecular weight excluding hydrogens is 222 g/mol. The quantitative estimate of drug-likeness (QED) is 0.811. The standard InChI is InChI=1S/C12H11NO4/c14-11-10(6-1-2-6)17-9-4-3-7(12(15)16)5-8(9)13-11/h3-6,10H,1-2H2,(H,13,14)(H,15,16). The zero-order valence-corrected chi connectivity index (χ0v) is 8.97. The van der Waals surface area contributed by atoms with Crippen LogP contribution >= 0.6 is 0 Å². The lowest BCUT2D eigenvalue weighted by Gasteiger charge is -2.25. The van der Waals surface area contributed by atoms with E-state index in [0.29, 0.717) is 17.4 Å². The van der Waals surface area contributed by atoms with Gasteiger partial charge in [-0.2, -0.15) is 0 Å². The van der Waals surface area contributed by atoms with Crippen LogP contribution in [0.1, 0.15) is 23.2 Å². The number of carbonyl (C=O) groups excluding carboxylic acids is 1. The molecule has 0 spiro atoms. The number of benzene rings is 1. The summed E-state index contributed by atoms with van der Waals surface area (Å²) in [6.45, 7) is 0. The largest absolute Gasteiger partial charge is 0.478 e. The summed E-state index contributed by atoms with van der Waals surface area (Å²) in [7, 11) is 0. The highest BCUT2D eigenvalue weighted by molar-refractivity contribution is 6.00. The topological polar surface area (TPSA) is 75.6 Å². The van der Waals surface area contributed by atoms with Crippen LogP contribution in [0.25, 0.3) is 0 Å². The number of anilines is 1. The van der Waals surface area contributed by atoms with Crippen molar-refractivity contribution in [3.8, 4) is 5.75 Å². The van der Waals surface area contributed by atoms with E-state index in [1.165, 1.54) is 12.1 Å². The minimum absolute atomic E-state index is 0.137. The number of amides is 1. The number of fused-ring (bicyclic) bond motifs is 1. The van der Waals surface area contributed by atoms with E-state index >= 15 is 0 Å². The van der Waals surface area contributed by atoms with Crippen molar-refractivity contribution in [2.24, 2.45) is 5.92 Å². The highest BCUT2D eigenvalue weighted by Crippen LogP contribution is 2.40. The summed E-state index contributed by atoms with van der Waals surface area (Å²) in [5.74, 6) is -0.345. The molecule has 1 aromatic rings. The lowest BCUT2D eigenvalue weighted by molar-refractivity contribution is -0.124. The lowest BCUT2D eigenvalue weighted by atomic mass is 10.1. The molecule has 0 bridgehead atoms. The highest BCUT2D eigenvalue weighted by Gasteiger charge is 2.40. The van der Waals surface area contributed by atoms with Crippen molar-refractivity contribution in [1.82, 2.24) is 0 Å². The van der Waals surface area contributed by atoms with Crippen LogP contribution in [-0.2, 0) is 4.79 Å². The van der Waals surface area contributed by atoms with Gasteiger partial charge in [0.25, 0.3) is 5.91 Å². The predicted octanol–water partition coefficient (Wildman–Crippen LogP) is 1.49. The molecule has 0 aromatic heterocycles. The zero-order valence-electron chi connectivity index (χ0n) is 8.97. The minimum Gasteiger partial charge on any atom is -0.478 e. The van der Waals surface area contributed by atoms with Crippen molar-refractivity contribution in [3.63, 3.8) is 0 Å². The highest BCUT2D eigenvalue weighted by atomic mass is 16.5. The second-order valence-corrected chi connectivity index (χ2v) is 4.38. The maximum atomic E-state index is 11.7. The van der Waals surface area contributed by atoms with Crippen LogP contribution in [0, 0.1) is 5.92 Å². The number of hydrogen-bond donors (Lipinski definition) is 2. The summed E-state index contributed by atoms with van der Waals surface area (Å²) in [6.07, 6.45) is 1.61. The first-order valence-corrected chi connectivity index (χ1v) is 5.50. The first-order valence-electron chi connectivity index (χ1n) is 5.50. The molecule has 2 aliphatic rings. The second-order valence-electron chi connectivity index (χ2n) is 4.38. The van der Waals surface area contributed by atoms with E-state index in [1.807, 2.05) is 0 Å². The van der Waals surface area contributed by atoms with E-state index < -0.39 is 12.1 Å². The van der Waals surface area contributed by atoms with Gasteiger partial charge in [0.15, 0.2) is 6.10 Å². The van der Waals surface area contributed by atoms with Gasteiger partial charge in [-0.05, 0) is 31.0 Å². The van der Waals surface area contributed by atoms with Crippen LogP contribution in [0.15, 0.2) is 18.2 Å². The van der Waals surface area contributed by atoms with Gasteiger partial charge in [0.05, 0.1) is 11.3 Å². The smallest absolute Gasteiger partial charge is 0.335 e. The first kappa shape index (κ1) is 10.1. The molecule has 2 N–H and O–H groups in total. The molecule has 0 radical (unpaired) electrons. The Morgan fingerprint density at radius 3 is 2.82 bits per heavy atom. The number of hydrogen-bond acceptors (Lipinski definition) is 3. The maximum Gasteiger partial charge on any atom is 0.335 e. The van der Waals surface area contributed by atoms with Crippen molar-refractivity contribution in [3.05, 3.63) is 23.8 Å². The number of carbonyl (C=O) groups is 2. The molecular formula is C12H11NO4. The summed E-state index contributed by atoms with van der Waals surface area (Å²) in [4.78, 5) is 22.5. The minimum atomic E-state index is -1.02. The summed E-state index contributed by atoms with van der Waals surface area (Å²) in [6, 6.07) is 4.48. The van der Waals surface area contributed by atoms with Crippen molar-refractivity contribution in [2.75, 3.05) is 5.32 Å². The molecule has 1 aromatic carbocycles. The Bertz CT molecular complexity index is 507. The van der Waals surface area contributed by atoms with Gasteiger partial charge in [-0.3, -0.25) is 4.79 Å². The molecule has 1 amide bonds. The predicted molar refractivity (Wildman–Crippen MR) is 59.2 cm³/mol. The van der Waals surface area contributed by atoms with Gasteiger partial charge in [0, 0.05) is 5.92 Å². The number of aromatic carboxylic acids is 1. The third-order valence-electron chi connectivity index (χ3n) is 3.05. The number of carboxylic acids is 1. The fourth-order valence-corrected chi connectivity index (χ4v) is 1.97. The lowest BCUT2D eigenvalue weighted by Crippen LogP contribution is -2.38. The normalized spacial score (nSPS) is 22.4.